The van der Waals surface area contributed by atoms with Gasteiger partial charge < -0.3 is 14.2 Å². The Bertz CT molecular complexity index is 864. The Labute approximate surface area is 145 Å². The Balaban J connectivity index is 2.09. The first-order chi connectivity index (χ1) is 12.2. The molecule has 5 heteroatoms. The average Bonchev–Trinajstić information content (AvgIpc) is 2.68. The van der Waals surface area contributed by atoms with Crippen molar-refractivity contribution >= 4 is 5.78 Å². The summed E-state index contributed by atoms with van der Waals surface area (Å²) in [6.07, 6.45) is 1.62. The SMILES string of the molecule is COc1cc(Oc2ccccn2)c(C(=O)c2ccccc2)cc1OC. The number of ether oxygens (including phenoxy) is 3. The third-order valence-electron chi connectivity index (χ3n) is 3.62. The first kappa shape index (κ1) is 16.5. The highest BCUT2D eigenvalue weighted by atomic mass is 16.5. The Hall–Kier alpha value is -3.34. The van der Waals surface area contributed by atoms with E-state index in [-0.39, 0.29) is 5.78 Å². The molecule has 0 saturated heterocycles. The van der Waals surface area contributed by atoms with Gasteiger partial charge in [0.05, 0.1) is 19.8 Å². The van der Waals surface area contributed by atoms with E-state index in [4.69, 9.17) is 14.2 Å². The summed E-state index contributed by atoms with van der Waals surface area (Å²) in [6, 6.07) is 17.5. The molecule has 3 rings (SSSR count). The number of aromatic nitrogens is 1. The van der Waals surface area contributed by atoms with Crippen molar-refractivity contribution in [1.82, 2.24) is 4.98 Å². The van der Waals surface area contributed by atoms with Gasteiger partial charge in [0.1, 0.15) is 5.75 Å². The van der Waals surface area contributed by atoms with Gasteiger partial charge in [0.15, 0.2) is 17.3 Å². The standard InChI is InChI=1S/C20H17NO4/c1-23-17-12-15(20(22)14-8-4-3-5-9-14)16(13-18(17)24-2)25-19-10-6-7-11-21-19/h3-13H,1-2H3. The maximum absolute atomic E-state index is 12.9. The van der Waals surface area contributed by atoms with Crippen molar-refractivity contribution in [1.29, 1.82) is 0 Å². The molecule has 0 aliphatic rings. The van der Waals surface area contributed by atoms with Crippen LogP contribution < -0.4 is 14.2 Å². The fraction of sp³-hybridized carbons (Fsp3) is 0.100. The molecular formula is C20H17NO4. The largest absolute Gasteiger partial charge is 0.493 e. The molecule has 0 aliphatic carbocycles. The first-order valence-corrected chi connectivity index (χ1v) is 7.67. The molecule has 126 valence electrons. The van der Waals surface area contributed by atoms with Crippen LogP contribution in [0.3, 0.4) is 0 Å². The summed E-state index contributed by atoms with van der Waals surface area (Å²) in [5.41, 5.74) is 0.926. The first-order valence-electron chi connectivity index (χ1n) is 7.67. The Morgan fingerprint density at radius 2 is 1.52 bits per heavy atom. The Morgan fingerprint density at radius 3 is 2.16 bits per heavy atom. The van der Waals surface area contributed by atoms with Gasteiger partial charge in [-0.05, 0) is 12.1 Å². The van der Waals surface area contributed by atoms with Gasteiger partial charge >= 0.3 is 0 Å². The van der Waals surface area contributed by atoms with Gasteiger partial charge in [0.25, 0.3) is 0 Å². The second-order valence-electron chi connectivity index (χ2n) is 5.17. The average molecular weight is 335 g/mol. The van der Waals surface area contributed by atoms with Crippen molar-refractivity contribution < 1.29 is 19.0 Å². The van der Waals surface area contributed by atoms with E-state index in [1.54, 1.807) is 42.6 Å². The second-order valence-corrected chi connectivity index (χ2v) is 5.17. The van der Waals surface area contributed by atoms with Crippen LogP contribution in [0.25, 0.3) is 0 Å². The number of carbonyl (C=O) groups excluding carboxylic acids is 1. The van der Waals surface area contributed by atoms with Gasteiger partial charge in [0.2, 0.25) is 5.88 Å². The number of nitrogens with zero attached hydrogens (tertiary/aromatic N) is 1. The molecule has 2 aromatic carbocycles. The van der Waals surface area contributed by atoms with Gasteiger partial charge in [-0.1, -0.05) is 36.4 Å². The summed E-state index contributed by atoms with van der Waals surface area (Å²) >= 11 is 0. The maximum Gasteiger partial charge on any atom is 0.219 e. The van der Waals surface area contributed by atoms with Crippen LogP contribution in [-0.4, -0.2) is 25.0 Å². The topological polar surface area (TPSA) is 57.7 Å². The molecule has 5 nitrogen and oxygen atoms in total. The van der Waals surface area contributed by atoms with Crippen molar-refractivity contribution in [2.45, 2.75) is 0 Å². The van der Waals surface area contributed by atoms with Crippen LogP contribution in [0.4, 0.5) is 0 Å². The lowest BCUT2D eigenvalue weighted by molar-refractivity contribution is 0.103. The molecule has 0 fully saturated rings. The summed E-state index contributed by atoms with van der Waals surface area (Å²) in [5.74, 6) is 1.49. The van der Waals surface area contributed by atoms with E-state index in [0.717, 1.165) is 0 Å². The van der Waals surface area contributed by atoms with Gasteiger partial charge in [0, 0.05) is 23.9 Å². The van der Waals surface area contributed by atoms with Crippen molar-refractivity contribution in [2.75, 3.05) is 14.2 Å². The smallest absolute Gasteiger partial charge is 0.219 e. The number of pyridine rings is 1. The minimum Gasteiger partial charge on any atom is -0.493 e. The van der Waals surface area contributed by atoms with Crippen LogP contribution in [0.1, 0.15) is 15.9 Å². The van der Waals surface area contributed by atoms with Gasteiger partial charge in [-0.15, -0.1) is 0 Å². The van der Waals surface area contributed by atoms with Crippen LogP contribution in [0.5, 0.6) is 23.1 Å². The minimum atomic E-state index is -0.174. The van der Waals surface area contributed by atoms with Crippen molar-refractivity contribution in [2.24, 2.45) is 0 Å². The normalized spacial score (nSPS) is 10.2. The fourth-order valence-electron chi connectivity index (χ4n) is 2.39. The lowest BCUT2D eigenvalue weighted by atomic mass is 10.0. The molecular weight excluding hydrogens is 318 g/mol. The summed E-state index contributed by atoms with van der Waals surface area (Å²) in [5, 5.41) is 0. The van der Waals surface area contributed by atoms with Crippen molar-refractivity contribution in [3.63, 3.8) is 0 Å². The lowest BCUT2D eigenvalue weighted by Crippen LogP contribution is -2.05. The minimum absolute atomic E-state index is 0.174. The van der Waals surface area contributed by atoms with E-state index in [1.165, 1.54) is 14.2 Å². The van der Waals surface area contributed by atoms with Crippen LogP contribution in [0.15, 0.2) is 66.9 Å². The van der Waals surface area contributed by atoms with E-state index < -0.39 is 0 Å². The number of benzene rings is 2. The predicted molar refractivity (Wildman–Crippen MR) is 93.7 cm³/mol. The third-order valence-corrected chi connectivity index (χ3v) is 3.62. The van der Waals surface area contributed by atoms with Crippen molar-refractivity contribution in [3.8, 4) is 23.1 Å². The lowest BCUT2D eigenvalue weighted by Gasteiger charge is -2.14. The molecule has 0 radical (unpaired) electrons. The second kappa shape index (κ2) is 7.49. The zero-order valence-electron chi connectivity index (χ0n) is 13.9. The summed E-state index contributed by atoms with van der Waals surface area (Å²) in [6.45, 7) is 0. The van der Waals surface area contributed by atoms with Crippen molar-refractivity contribution in [3.05, 3.63) is 78.0 Å². The van der Waals surface area contributed by atoms with E-state index in [1.807, 2.05) is 24.3 Å². The number of rotatable bonds is 6. The summed E-state index contributed by atoms with van der Waals surface area (Å²) in [4.78, 5) is 17.1. The fourth-order valence-corrected chi connectivity index (χ4v) is 2.39. The predicted octanol–water partition coefficient (Wildman–Crippen LogP) is 4.12. The van der Waals surface area contributed by atoms with E-state index in [0.29, 0.717) is 34.3 Å². The zero-order valence-corrected chi connectivity index (χ0v) is 13.9. The molecule has 0 atom stereocenters. The molecule has 0 unspecified atom stereocenters. The summed E-state index contributed by atoms with van der Waals surface area (Å²) in [7, 11) is 3.05. The number of hydrogen-bond donors (Lipinski definition) is 0. The van der Waals surface area contributed by atoms with Gasteiger partial charge in [-0.2, -0.15) is 0 Å². The van der Waals surface area contributed by atoms with E-state index >= 15 is 0 Å². The van der Waals surface area contributed by atoms with Gasteiger partial charge in [-0.3, -0.25) is 4.79 Å². The van der Waals surface area contributed by atoms with Crippen LogP contribution >= 0.6 is 0 Å². The highest BCUT2D eigenvalue weighted by Crippen LogP contribution is 2.37. The van der Waals surface area contributed by atoms with Gasteiger partial charge in [-0.25, -0.2) is 4.98 Å². The molecule has 0 saturated carbocycles. The molecule has 0 spiro atoms. The Kier molecular flexibility index (Phi) is 4.95. The van der Waals surface area contributed by atoms with E-state index in [2.05, 4.69) is 4.98 Å². The molecule has 3 aromatic rings. The van der Waals surface area contributed by atoms with Crippen LogP contribution in [-0.2, 0) is 0 Å². The quantitative estimate of drug-likeness (QED) is 0.634. The number of methoxy groups -OCH3 is 2. The molecule has 0 aliphatic heterocycles. The summed E-state index contributed by atoms with van der Waals surface area (Å²) < 4.78 is 16.5. The number of carbonyl (C=O) groups is 1. The maximum atomic E-state index is 12.9. The molecule has 0 N–H and O–H groups in total. The molecule has 1 aromatic heterocycles. The molecule has 0 bridgehead atoms. The molecule has 25 heavy (non-hydrogen) atoms. The Morgan fingerprint density at radius 1 is 0.840 bits per heavy atom. The monoisotopic (exact) mass is 335 g/mol. The molecule has 0 amide bonds. The molecule has 1 heterocycles. The highest BCUT2D eigenvalue weighted by molar-refractivity contribution is 6.11. The number of ketones is 1. The third kappa shape index (κ3) is 3.61. The number of hydrogen-bond acceptors (Lipinski definition) is 5. The van der Waals surface area contributed by atoms with E-state index in [9.17, 15) is 4.79 Å². The van der Waals surface area contributed by atoms with Crippen LogP contribution in [0.2, 0.25) is 0 Å². The zero-order chi connectivity index (χ0) is 17.6. The highest BCUT2D eigenvalue weighted by Gasteiger charge is 2.20. The van der Waals surface area contributed by atoms with Crippen LogP contribution in [0, 0.1) is 0 Å².